The van der Waals surface area contributed by atoms with Crippen LogP contribution in [0.1, 0.15) is 27.7 Å². The van der Waals surface area contributed by atoms with Gasteiger partial charge in [0, 0.05) is 20.1 Å². The number of rotatable bonds is 3. The number of nitrogens with one attached hydrogen (secondary N) is 1. The van der Waals surface area contributed by atoms with E-state index < -0.39 is 23.6 Å². The van der Waals surface area contributed by atoms with Gasteiger partial charge in [0.1, 0.15) is 11.6 Å². The third-order valence-corrected chi connectivity index (χ3v) is 3.66. The van der Waals surface area contributed by atoms with E-state index in [2.05, 4.69) is 5.32 Å². The largest absolute Gasteiger partial charge is 0.480 e. The highest BCUT2D eigenvalue weighted by molar-refractivity contribution is 5.92. The van der Waals surface area contributed by atoms with Crippen molar-refractivity contribution in [1.82, 2.24) is 15.1 Å². The van der Waals surface area contributed by atoms with Crippen molar-refractivity contribution in [1.29, 1.82) is 0 Å². The predicted octanol–water partition coefficient (Wildman–Crippen LogP) is 0.358. The van der Waals surface area contributed by atoms with E-state index in [0.717, 1.165) is 0 Å². The van der Waals surface area contributed by atoms with Gasteiger partial charge in [0.25, 0.3) is 0 Å². The summed E-state index contributed by atoms with van der Waals surface area (Å²) in [7, 11) is 1.69. The molecule has 0 aromatic heterocycles. The van der Waals surface area contributed by atoms with Crippen LogP contribution in [0.25, 0.3) is 0 Å². The van der Waals surface area contributed by atoms with Crippen LogP contribution in [0, 0.1) is 5.92 Å². The molecule has 0 aliphatic carbocycles. The quantitative estimate of drug-likeness (QED) is 0.783. The van der Waals surface area contributed by atoms with Gasteiger partial charge in [-0.3, -0.25) is 4.79 Å². The lowest BCUT2D eigenvalue weighted by Gasteiger charge is -2.44. The van der Waals surface area contributed by atoms with Crippen molar-refractivity contribution in [3.63, 3.8) is 0 Å². The predicted molar refractivity (Wildman–Crippen MR) is 73.2 cm³/mol. The highest BCUT2D eigenvalue weighted by Gasteiger charge is 2.43. The number of amides is 3. The molecule has 0 bridgehead atoms. The molecule has 1 rings (SSSR count). The normalized spacial score (nSPS) is 20.0. The van der Waals surface area contributed by atoms with E-state index in [1.807, 2.05) is 0 Å². The zero-order chi connectivity index (χ0) is 15.7. The average Bonchev–Trinajstić information content (AvgIpc) is 2.32. The summed E-state index contributed by atoms with van der Waals surface area (Å²) in [4.78, 5) is 38.5. The molecular weight excluding hydrogens is 262 g/mol. The number of urea groups is 1. The molecule has 0 aromatic carbocycles. The fourth-order valence-electron chi connectivity index (χ4n) is 2.29. The Morgan fingerprint density at radius 2 is 1.85 bits per heavy atom. The van der Waals surface area contributed by atoms with Gasteiger partial charge >= 0.3 is 12.0 Å². The van der Waals surface area contributed by atoms with E-state index in [-0.39, 0.29) is 11.8 Å². The molecular formula is C13H23N3O4. The topological polar surface area (TPSA) is 90.0 Å². The highest BCUT2D eigenvalue weighted by atomic mass is 16.4. The second-order valence-corrected chi connectivity index (χ2v) is 5.95. The summed E-state index contributed by atoms with van der Waals surface area (Å²) >= 11 is 0. The Kier molecular flexibility index (Phi) is 4.62. The van der Waals surface area contributed by atoms with E-state index in [1.54, 1.807) is 39.6 Å². The molecule has 1 aliphatic heterocycles. The number of likely N-dealkylation sites (N-methyl/N-ethyl adjacent to an activating group) is 1. The lowest BCUT2D eigenvalue weighted by atomic mass is 9.98. The first-order valence-corrected chi connectivity index (χ1v) is 6.65. The number of carbonyl (C=O) groups excluding carboxylic acids is 2. The van der Waals surface area contributed by atoms with Gasteiger partial charge in [0.05, 0.1) is 0 Å². The van der Waals surface area contributed by atoms with E-state index in [1.165, 1.54) is 4.90 Å². The molecule has 1 atom stereocenters. The van der Waals surface area contributed by atoms with Gasteiger partial charge in [-0.05, 0) is 19.8 Å². The van der Waals surface area contributed by atoms with Crippen molar-refractivity contribution in [2.45, 2.75) is 39.3 Å². The molecule has 7 nitrogen and oxygen atoms in total. The number of carboxylic acid groups (broad SMARTS) is 1. The van der Waals surface area contributed by atoms with Crippen molar-refractivity contribution in [3.8, 4) is 0 Å². The minimum absolute atomic E-state index is 0.157. The van der Waals surface area contributed by atoms with Crippen molar-refractivity contribution in [2.75, 3.05) is 20.1 Å². The number of piperazine rings is 1. The van der Waals surface area contributed by atoms with Gasteiger partial charge in [-0.25, -0.2) is 9.59 Å². The molecule has 2 N–H and O–H groups in total. The summed E-state index contributed by atoms with van der Waals surface area (Å²) in [6.45, 7) is 7.59. The van der Waals surface area contributed by atoms with Crippen molar-refractivity contribution in [2.24, 2.45) is 5.92 Å². The Bertz CT molecular complexity index is 420. The summed E-state index contributed by atoms with van der Waals surface area (Å²) in [5.41, 5.74) is -0.975. The molecule has 114 valence electrons. The number of carboxylic acids is 1. The summed E-state index contributed by atoms with van der Waals surface area (Å²) < 4.78 is 0. The molecule has 0 radical (unpaired) electrons. The van der Waals surface area contributed by atoms with E-state index in [9.17, 15) is 14.4 Å². The fraction of sp³-hybridized carbons (Fsp3) is 0.769. The van der Waals surface area contributed by atoms with Crippen molar-refractivity contribution < 1.29 is 19.5 Å². The average molecular weight is 285 g/mol. The number of hydrogen-bond donors (Lipinski definition) is 2. The molecule has 0 aromatic rings. The van der Waals surface area contributed by atoms with Crippen LogP contribution in [0.5, 0.6) is 0 Å². The summed E-state index contributed by atoms with van der Waals surface area (Å²) in [6, 6.07) is -1.48. The zero-order valence-corrected chi connectivity index (χ0v) is 12.6. The van der Waals surface area contributed by atoms with E-state index in [4.69, 9.17) is 5.11 Å². The monoisotopic (exact) mass is 285 g/mol. The van der Waals surface area contributed by atoms with Gasteiger partial charge in [-0.15, -0.1) is 0 Å². The maximum atomic E-state index is 12.3. The third-order valence-electron chi connectivity index (χ3n) is 3.66. The first-order valence-electron chi connectivity index (χ1n) is 6.65. The van der Waals surface area contributed by atoms with Crippen LogP contribution in [0.3, 0.4) is 0 Å². The minimum Gasteiger partial charge on any atom is -0.480 e. The number of hydrogen-bond acceptors (Lipinski definition) is 3. The van der Waals surface area contributed by atoms with Crippen LogP contribution in [0.15, 0.2) is 0 Å². The van der Waals surface area contributed by atoms with Crippen LogP contribution in [0.2, 0.25) is 0 Å². The lowest BCUT2D eigenvalue weighted by molar-refractivity contribution is -0.144. The Labute approximate surface area is 118 Å². The Hall–Kier alpha value is -1.79. The van der Waals surface area contributed by atoms with Crippen LogP contribution >= 0.6 is 0 Å². The summed E-state index contributed by atoms with van der Waals surface area (Å²) in [6.07, 6.45) is 0. The second kappa shape index (κ2) is 5.68. The van der Waals surface area contributed by atoms with E-state index >= 15 is 0 Å². The zero-order valence-electron chi connectivity index (χ0n) is 12.6. The van der Waals surface area contributed by atoms with Crippen molar-refractivity contribution >= 4 is 17.9 Å². The molecule has 1 fully saturated rings. The second-order valence-electron chi connectivity index (χ2n) is 5.95. The summed E-state index contributed by atoms with van der Waals surface area (Å²) in [5, 5.41) is 11.6. The van der Waals surface area contributed by atoms with Crippen LogP contribution < -0.4 is 5.32 Å². The van der Waals surface area contributed by atoms with Crippen LogP contribution in [-0.4, -0.2) is 64.5 Å². The molecule has 1 aliphatic rings. The number of nitrogens with zero attached hydrogens (tertiary/aromatic N) is 2. The standard InChI is InChI=1S/C13H23N3O4/c1-8(2)9(10(17)18)14-12(20)16-7-6-15(5)11(19)13(16,3)4/h8-9H,6-7H2,1-5H3,(H,14,20)(H,17,18)/t9-/m1/s1. The maximum Gasteiger partial charge on any atom is 0.326 e. The SMILES string of the molecule is CC(C)[C@@H](NC(=O)N1CCN(C)C(=O)C1(C)C)C(=O)O. The molecule has 0 spiro atoms. The highest BCUT2D eigenvalue weighted by Crippen LogP contribution is 2.22. The Balaban J connectivity index is 2.86. The molecule has 0 saturated carbocycles. The minimum atomic E-state index is -1.08. The first kappa shape index (κ1) is 16.3. The molecule has 3 amide bonds. The Morgan fingerprint density at radius 3 is 2.30 bits per heavy atom. The van der Waals surface area contributed by atoms with Crippen LogP contribution in [-0.2, 0) is 9.59 Å². The van der Waals surface area contributed by atoms with E-state index in [0.29, 0.717) is 13.1 Å². The number of carbonyl (C=O) groups is 3. The third kappa shape index (κ3) is 3.02. The smallest absolute Gasteiger partial charge is 0.326 e. The van der Waals surface area contributed by atoms with Gasteiger partial charge in [-0.2, -0.15) is 0 Å². The van der Waals surface area contributed by atoms with Gasteiger partial charge in [-0.1, -0.05) is 13.8 Å². The van der Waals surface area contributed by atoms with Gasteiger partial charge in [0.2, 0.25) is 5.91 Å². The number of aliphatic carboxylic acids is 1. The maximum absolute atomic E-state index is 12.3. The summed E-state index contributed by atoms with van der Waals surface area (Å²) in [5.74, 6) is -1.47. The molecule has 1 heterocycles. The Morgan fingerprint density at radius 1 is 1.30 bits per heavy atom. The van der Waals surface area contributed by atoms with Gasteiger partial charge < -0.3 is 20.2 Å². The molecule has 7 heteroatoms. The molecule has 0 unspecified atom stereocenters. The fourth-order valence-corrected chi connectivity index (χ4v) is 2.29. The lowest BCUT2D eigenvalue weighted by Crippen LogP contribution is -2.66. The molecule has 20 heavy (non-hydrogen) atoms. The van der Waals surface area contributed by atoms with Gasteiger partial charge in [0.15, 0.2) is 0 Å². The first-order chi connectivity index (χ1) is 9.09. The molecule has 1 saturated heterocycles. The van der Waals surface area contributed by atoms with Crippen molar-refractivity contribution in [3.05, 3.63) is 0 Å². The van der Waals surface area contributed by atoms with Crippen LogP contribution in [0.4, 0.5) is 4.79 Å².